The number of Topliss-reactive ketones (excluding diaryl/α,β-unsaturated/α-hetero) is 1. The van der Waals surface area contributed by atoms with Gasteiger partial charge in [-0.2, -0.15) is 0 Å². The molecule has 0 N–H and O–H groups in total. The van der Waals surface area contributed by atoms with Crippen LogP contribution in [-0.4, -0.2) is 10.6 Å². The second-order valence-electron chi connectivity index (χ2n) is 3.34. The van der Waals surface area contributed by atoms with Crippen LogP contribution in [0, 0.1) is 0 Å². The fourth-order valence-corrected chi connectivity index (χ4v) is 1.72. The second-order valence-corrected chi connectivity index (χ2v) is 4.98. The van der Waals surface area contributed by atoms with E-state index in [0.717, 1.165) is 0 Å². The molecule has 1 aromatic carbocycles. The van der Waals surface area contributed by atoms with E-state index in [2.05, 4.69) is 15.9 Å². The van der Waals surface area contributed by atoms with Crippen LogP contribution in [0.15, 0.2) is 18.2 Å². The first-order valence-corrected chi connectivity index (χ1v) is 6.07. The highest BCUT2D eigenvalue weighted by molar-refractivity contribution is 9.10. The number of halogens is 4. The minimum absolute atomic E-state index is 0.0394. The number of benzene rings is 1. The number of carbonyl (C=O) groups excluding carboxylic acids is 1. The molecule has 5 heteroatoms. The van der Waals surface area contributed by atoms with Crippen LogP contribution in [0.5, 0.6) is 0 Å². The van der Waals surface area contributed by atoms with Gasteiger partial charge in [-0.05, 0) is 18.6 Å². The summed E-state index contributed by atoms with van der Waals surface area (Å²) in [5, 5.41) is 0. The number of ketones is 1. The molecule has 0 aliphatic carbocycles. The van der Waals surface area contributed by atoms with Gasteiger partial charge >= 0.3 is 0 Å². The van der Waals surface area contributed by atoms with Gasteiger partial charge in [-0.15, -0.1) is 11.6 Å². The molecule has 0 radical (unpaired) electrons. The lowest BCUT2D eigenvalue weighted by molar-refractivity contribution is 0.0982. The van der Waals surface area contributed by atoms with Crippen molar-refractivity contribution < 1.29 is 13.6 Å². The summed E-state index contributed by atoms with van der Waals surface area (Å²) in [6, 6.07) is 4.18. The van der Waals surface area contributed by atoms with E-state index in [1.54, 1.807) is 6.92 Å². The SMILES string of the molecule is CC(Br)C(=O)c1cc(CCl)ccc1C(F)F. The number of carbonyl (C=O) groups is 1. The first-order chi connectivity index (χ1) is 7.47. The van der Waals surface area contributed by atoms with Crippen LogP contribution in [0.3, 0.4) is 0 Å². The van der Waals surface area contributed by atoms with Crippen molar-refractivity contribution in [2.24, 2.45) is 0 Å². The molecule has 0 heterocycles. The standard InChI is InChI=1S/C11H10BrClF2O/c1-6(12)10(16)9-4-7(5-13)2-3-8(9)11(14)15/h2-4,6,11H,5H2,1H3. The Labute approximate surface area is 106 Å². The molecule has 0 spiro atoms. The van der Waals surface area contributed by atoms with Gasteiger partial charge in [0.2, 0.25) is 0 Å². The van der Waals surface area contributed by atoms with Crippen LogP contribution in [0.1, 0.15) is 34.8 Å². The predicted octanol–water partition coefficient (Wildman–Crippen LogP) is 4.33. The Kier molecular flexibility index (Phi) is 4.87. The highest BCUT2D eigenvalue weighted by Gasteiger charge is 2.21. The third-order valence-electron chi connectivity index (χ3n) is 2.13. The van der Waals surface area contributed by atoms with Crippen LogP contribution in [-0.2, 0) is 5.88 Å². The van der Waals surface area contributed by atoms with Crippen molar-refractivity contribution in [3.63, 3.8) is 0 Å². The highest BCUT2D eigenvalue weighted by Crippen LogP contribution is 2.26. The van der Waals surface area contributed by atoms with E-state index in [9.17, 15) is 13.6 Å². The molecule has 1 atom stereocenters. The Bertz CT molecular complexity index is 394. The molecule has 1 rings (SSSR count). The molecule has 0 aromatic heterocycles. The fraction of sp³-hybridized carbons (Fsp3) is 0.364. The monoisotopic (exact) mass is 310 g/mol. The van der Waals surface area contributed by atoms with Gasteiger partial charge in [0, 0.05) is 17.0 Å². The predicted molar refractivity (Wildman–Crippen MR) is 63.7 cm³/mol. The van der Waals surface area contributed by atoms with Crippen LogP contribution in [0.4, 0.5) is 8.78 Å². The molecule has 0 aliphatic heterocycles. The molecule has 16 heavy (non-hydrogen) atoms. The average molecular weight is 312 g/mol. The van der Waals surface area contributed by atoms with E-state index in [0.29, 0.717) is 5.56 Å². The summed E-state index contributed by atoms with van der Waals surface area (Å²) in [6.45, 7) is 1.60. The van der Waals surface area contributed by atoms with E-state index in [4.69, 9.17) is 11.6 Å². The maximum Gasteiger partial charge on any atom is 0.264 e. The summed E-state index contributed by atoms with van der Waals surface area (Å²) in [4.78, 5) is 11.2. The molecule has 1 unspecified atom stereocenters. The third kappa shape index (κ3) is 3.01. The Hall–Kier alpha value is -0.480. The Morgan fingerprint density at radius 3 is 2.56 bits per heavy atom. The van der Waals surface area contributed by atoms with Gasteiger partial charge < -0.3 is 0 Å². The maximum absolute atomic E-state index is 12.7. The van der Waals surface area contributed by atoms with Crippen molar-refractivity contribution >= 4 is 33.3 Å². The molecule has 0 aliphatic rings. The summed E-state index contributed by atoms with van der Waals surface area (Å²) >= 11 is 8.68. The van der Waals surface area contributed by atoms with Crippen molar-refractivity contribution in [3.8, 4) is 0 Å². The van der Waals surface area contributed by atoms with Crippen molar-refractivity contribution in [1.82, 2.24) is 0 Å². The van der Waals surface area contributed by atoms with Crippen molar-refractivity contribution in [2.75, 3.05) is 0 Å². The summed E-state index contributed by atoms with van der Waals surface area (Å²) < 4.78 is 25.4. The molecule has 0 saturated carbocycles. The quantitative estimate of drug-likeness (QED) is 0.597. The van der Waals surface area contributed by atoms with Gasteiger partial charge in [0.05, 0.1) is 4.83 Å². The number of hydrogen-bond donors (Lipinski definition) is 0. The van der Waals surface area contributed by atoms with Crippen molar-refractivity contribution in [3.05, 3.63) is 34.9 Å². The third-order valence-corrected chi connectivity index (χ3v) is 2.86. The van der Waals surface area contributed by atoms with Crippen molar-refractivity contribution in [2.45, 2.75) is 24.1 Å². The molecule has 0 amide bonds. The van der Waals surface area contributed by atoms with E-state index < -0.39 is 11.3 Å². The van der Waals surface area contributed by atoms with Gasteiger partial charge in [-0.3, -0.25) is 4.79 Å². The lowest BCUT2D eigenvalue weighted by Crippen LogP contribution is -2.13. The minimum Gasteiger partial charge on any atom is -0.293 e. The smallest absolute Gasteiger partial charge is 0.264 e. The van der Waals surface area contributed by atoms with Gasteiger partial charge in [-0.1, -0.05) is 28.1 Å². The normalized spacial score (nSPS) is 12.9. The summed E-state index contributed by atoms with van der Waals surface area (Å²) in [7, 11) is 0. The molecule has 88 valence electrons. The summed E-state index contributed by atoms with van der Waals surface area (Å²) in [6.07, 6.45) is -2.66. The topological polar surface area (TPSA) is 17.1 Å². The zero-order valence-electron chi connectivity index (χ0n) is 8.51. The molecular weight excluding hydrogens is 301 g/mol. The largest absolute Gasteiger partial charge is 0.293 e. The van der Waals surface area contributed by atoms with Gasteiger partial charge in [0.15, 0.2) is 5.78 Å². The van der Waals surface area contributed by atoms with Crippen LogP contribution in [0.2, 0.25) is 0 Å². The Morgan fingerprint density at radius 1 is 1.50 bits per heavy atom. The summed E-state index contributed by atoms with van der Waals surface area (Å²) in [5.41, 5.74) is 0.449. The molecule has 1 aromatic rings. The average Bonchev–Trinajstić information content (AvgIpc) is 2.26. The molecule has 1 nitrogen and oxygen atoms in total. The van der Waals surface area contributed by atoms with E-state index >= 15 is 0 Å². The zero-order chi connectivity index (χ0) is 12.3. The van der Waals surface area contributed by atoms with Crippen molar-refractivity contribution in [1.29, 1.82) is 0 Å². The van der Waals surface area contributed by atoms with Gasteiger partial charge in [0.1, 0.15) is 0 Å². The summed E-state index contributed by atoms with van der Waals surface area (Å²) in [5.74, 6) is -0.164. The van der Waals surface area contributed by atoms with Crippen LogP contribution >= 0.6 is 27.5 Å². The van der Waals surface area contributed by atoms with Crippen LogP contribution < -0.4 is 0 Å². The lowest BCUT2D eigenvalue weighted by atomic mass is 10.00. The Balaban J connectivity index is 3.25. The molecule has 0 bridgehead atoms. The van der Waals surface area contributed by atoms with Gasteiger partial charge in [0.25, 0.3) is 6.43 Å². The Morgan fingerprint density at radius 2 is 2.12 bits per heavy atom. The van der Waals surface area contributed by atoms with E-state index in [1.807, 2.05) is 0 Å². The minimum atomic E-state index is -2.66. The highest BCUT2D eigenvalue weighted by atomic mass is 79.9. The van der Waals surface area contributed by atoms with E-state index in [1.165, 1.54) is 18.2 Å². The van der Waals surface area contributed by atoms with Gasteiger partial charge in [-0.25, -0.2) is 8.78 Å². The molecular formula is C11H10BrClF2O. The number of alkyl halides is 4. The maximum atomic E-state index is 12.7. The zero-order valence-corrected chi connectivity index (χ0v) is 10.9. The molecule has 0 fully saturated rings. The molecule has 0 saturated heterocycles. The first kappa shape index (κ1) is 13.6. The number of hydrogen-bond acceptors (Lipinski definition) is 1. The van der Waals surface area contributed by atoms with E-state index in [-0.39, 0.29) is 22.8 Å². The number of rotatable bonds is 4. The fourth-order valence-electron chi connectivity index (χ4n) is 1.30. The second kappa shape index (κ2) is 5.73. The lowest BCUT2D eigenvalue weighted by Gasteiger charge is -2.10. The van der Waals surface area contributed by atoms with Crippen LogP contribution in [0.25, 0.3) is 0 Å². The first-order valence-electron chi connectivity index (χ1n) is 4.62.